The van der Waals surface area contributed by atoms with Crippen LogP contribution < -0.4 is 10.6 Å². The molecular formula is C17H26N2. The Morgan fingerprint density at radius 3 is 2.42 bits per heavy atom. The van der Waals surface area contributed by atoms with Crippen LogP contribution in [0.1, 0.15) is 26.3 Å². The van der Waals surface area contributed by atoms with E-state index in [1.54, 1.807) is 6.08 Å². The molecular weight excluding hydrogens is 232 g/mol. The van der Waals surface area contributed by atoms with Gasteiger partial charge in [-0.3, -0.25) is 0 Å². The van der Waals surface area contributed by atoms with Crippen molar-refractivity contribution in [3.05, 3.63) is 60.3 Å². The van der Waals surface area contributed by atoms with Crippen molar-refractivity contribution in [2.24, 2.45) is 0 Å². The highest BCUT2D eigenvalue weighted by atomic mass is 14.9. The molecule has 0 aliphatic rings. The number of aryl methyl sites for hydroxylation is 1. The normalized spacial score (nSPS) is 10.7. The first-order chi connectivity index (χ1) is 9.21. The van der Waals surface area contributed by atoms with Crippen LogP contribution in [0.3, 0.4) is 0 Å². The molecule has 0 radical (unpaired) electrons. The van der Waals surface area contributed by atoms with E-state index in [2.05, 4.69) is 42.3 Å². The van der Waals surface area contributed by atoms with E-state index in [0.717, 1.165) is 17.1 Å². The Balaban J connectivity index is 0.00000154. The number of hydrogen-bond acceptors (Lipinski definition) is 2. The first-order valence-corrected chi connectivity index (χ1v) is 6.72. The fourth-order valence-electron chi connectivity index (χ4n) is 1.57. The second-order valence-electron chi connectivity index (χ2n) is 3.78. The lowest BCUT2D eigenvalue weighted by Crippen LogP contribution is -2.01. The smallest absolute Gasteiger partial charge is 0.0620 e. The molecule has 2 heteroatoms. The van der Waals surface area contributed by atoms with E-state index in [4.69, 9.17) is 0 Å². The molecule has 0 bridgehead atoms. The van der Waals surface area contributed by atoms with Crippen LogP contribution in [0.2, 0.25) is 0 Å². The molecule has 1 aromatic carbocycles. The van der Waals surface area contributed by atoms with Crippen LogP contribution in [0, 0.1) is 6.92 Å². The minimum atomic E-state index is 1.02. The summed E-state index contributed by atoms with van der Waals surface area (Å²) in [5.74, 6) is 0. The van der Waals surface area contributed by atoms with Gasteiger partial charge in [0.25, 0.3) is 0 Å². The van der Waals surface area contributed by atoms with Gasteiger partial charge in [-0.1, -0.05) is 38.6 Å². The van der Waals surface area contributed by atoms with Crippen LogP contribution in [-0.4, -0.2) is 7.05 Å². The summed E-state index contributed by atoms with van der Waals surface area (Å²) in [6.45, 7) is 11.8. The molecule has 0 fully saturated rings. The van der Waals surface area contributed by atoms with Crippen molar-refractivity contribution >= 4 is 11.4 Å². The lowest BCUT2D eigenvalue weighted by molar-refractivity contribution is 1.39. The van der Waals surface area contributed by atoms with Gasteiger partial charge < -0.3 is 10.6 Å². The predicted molar refractivity (Wildman–Crippen MR) is 88.8 cm³/mol. The molecule has 1 rings (SSSR count). The van der Waals surface area contributed by atoms with Crippen LogP contribution in [0.25, 0.3) is 0 Å². The summed E-state index contributed by atoms with van der Waals surface area (Å²) in [6, 6.07) is 6.27. The van der Waals surface area contributed by atoms with Gasteiger partial charge >= 0.3 is 0 Å². The summed E-state index contributed by atoms with van der Waals surface area (Å²) >= 11 is 0. The zero-order chi connectivity index (χ0) is 14.7. The number of allylic oxidation sites excluding steroid dienone is 4. The number of anilines is 2. The van der Waals surface area contributed by atoms with Gasteiger partial charge in [0, 0.05) is 12.7 Å². The molecule has 0 spiro atoms. The van der Waals surface area contributed by atoms with Crippen LogP contribution in [0.15, 0.2) is 54.8 Å². The van der Waals surface area contributed by atoms with E-state index in [1.807, 2.05) is 46.0 Å². The fourth-order valence-corrected chi connectivity index (χ4v) is 1.57. The Hall–Kier alpha value is -1.96. The monoisotopic (exact) mass is 258 g/mol. The largest absolute Gasteiger partial charge is 0.386 e. The topological polar surface area (TPSA) is 24.1 Å². The minimum absolute atomic E-state index is 1.02. The maximum Gasteiger partial charge on any atom is 0.0620 e. The van der Waals surface area contributed by atoms with Crippen molar-refractivity contribution in [2.75, 3.05) is 17.7 Å². The van der Waals surface area contributed by atoms with Crippen LogP contribution in [0.5, 0.6) is 0 Å². The van der Waals surface area contributed by atoms with Gasteiger partial charge in [0.2, 0.25) is 0 Å². The van der Waals surface area contributed by atoms with Gasteiger partial charge in [0.15, 0.2) is 0 Å². The molecule has 1 aromatic rings. The summed E-state index contributed by atoms with van der Waals surface area (Å²) in [7, 11) is 1.92. The third-order valence-electron chi connectivity index (χ3n) is 2.37. The quantitative estimate of drug-likeness (QED) is 0.716. The highest BCUT2D eigenvalue weighted by Gasteiger charge is 2.01. The van der Waals surface area contributed by atoms with Gasteiger partial charge in [0.1, 0.15) is 0 Å². The lowest BCUT2D eigenvalue weighted by atomic mass is 10.2. The minimum Gasteiger partial charge on any atom is -0.386 e. The molecule has 0 aliphatic heterocycles. The Kier molecular flexibility index (Phi) is 8.98. The number of benzene rings is 1. The molecule has 2 nitrogen and oxygen atoms in total. The maximum atomic E-state index is 3.72. The molecule has 104 valence electrons. The van der Waals surface area contributed by atoms with Gasteiger partial charge in [-0.15, -0.1) is 0 Å². The standard InChI is InChI=1S/C15H20N2.C2H6/c1-5-7-13(8-6-2)17-14-10-9-12(3)11-15(14)16-4;1-2/h5-11,16-17H,1H2,2-4H3;1-2H3/b8-6-,13-7+;. The summed E-state index contributed by atoms with van der Waals surface area (Å²) in [4.78, 5) is 0. The number of hydrogen-bond donors (Lipinski definition) is 2. The van der Waals surface area contributed by atoms with Gasteiger partial charge in [-0.25, -0.2) is 0 Å². The average molecular weight is 258 g/mol. The summed E-state index contributed by atoms with van der Waals surface area (Å²) in [6.07, 6.45) is 7.73. The molecule has 0 heterocycles. The molecule has 0 aliphatic carbocycles. The zero-order valence-electron chi connectivity index (χ0n) is 12.7. The highest BCUT2D eigenvalue weighted by molar-refractivity contribution is 5.72. The number of nitrogens with one attached hydrogen (secondary N) is 2. The highest BCUT2D eigenvalue weighted by Crippen LogP contribution is 2.24. The van der Waals surface area contributed by atoms with Crippen molar-refractivity contribution < 1.29 is 0 Å². The summed E-state index contributed by atoms with van der Waals surface area (Å²) in [5, 5.41) is 6.55. The molecule has 0 saturated carbocycles. The van der Waals surface area contributed by atoms with E-state index in [0.29, 0.717) is 0 Å². The molecule has 19 heavy (non-hydrogen) atoms. The first kappa shape index (κ1) is 17.0. The molecule has 2 N–H and O–H groups in total. The van der Waals surface area contributed by atoms with Crippen molar-refractivity contribution in [2.45, 2.75) is 27.7 Å². The average Bonchev–Trinajstić information content (AvgIpc) is 2.43. The molecule has 0 aromatic heterocycles. The number of rotatable bonds is 5. The third kappa shape index (κ3) is 5.96. The van der Waals surface area contributed by atoms with Crippen molar-refractivity contribution in [3.8, 4) is 0 Å². The Bertz CT molecular complexity index is 443. The second kappa shape index (κ2) is 10.0. The van der Waals surface area contributed by atoms with Gasteiger partial charge in [-0.2, -0.15) is 0 Å². The van der Waals surface area contributed by atoms with E-state index in [-0.39, 0.29) is 0 Å². The Morgan fingerprint density at radius 2 is 1.89 bits per heavy atom. The van der Waals surface area contributed by atoms with Gasteiger partial charge in [0.05, 0.1) is 11.4 Å². The van der Waals surface area contributed by atoms with E-state index in [1.165, 1.54) is 5.56 Å². The lowest BCUT2D eigenvalue weighted by Gasteiger charge is -2.13. The van der Waals surface area contributed by atoms with Gasteiger partial charge in [-0.05, 0) is 43.7 Å². The predicted octanol–water partition coefficient (Wildman–Crippen LogP) is 5.12. The second-order valence-corrected chi connectivity index (χ2v) is 3.78. The summed E-state index contributed by atoms with van der Waals surface area (Å²) < 4.78 is 0. The van der Waals surface area contributed by atoms with E-state index in [9.17, 15) is 0 Å². The molecule has 0 saturated heterocycles. The SMILES string of the molecule is C=C/C=C(\C=C/C)Nc1ccc(C)cc1NC.CC. The molecule has 0 atom stereocenters. The maximum absolute atomic E-state index is 3.72. The molecule has 0 unspecified atom stereocenters. The van der Waals surface area contributed by atoms with Crippen molar-refractivity contribution in [1.82, 2.24) is 0 Å². The Morgan fingerprint density at radius 1 is 1.21 bits per heavy atom. The van der Waals surface area contributed by atoms with E-state index >= 15 is 0 Å². The fraction of sp³-hybridized carbons (Fsp3) is 0.294. The Labute approximate surface area is 117 Å². The van der Waals surface area contributed by atoms with Crippen molar-refractivity contribution in [1.29, 1.82) is 0 Å². The van der Waals surface area contributed by atoms with Crippen LogP contribution in [-0.2, 0) is 0 Å². The van der Waals surface area contributed by atoms with Crippen LogP contribution in [0.4, 0.5) is 11.4 Å². The van der Waals surface area contributed by atoms with Crippen molar-refractivity contribution in [3.63, 3.8) is 0 Å². The third-order valence-corrected chi connectivity index (χ3v) is 2.37. The van der Waals surface area contributed by atoms with Crippen LogP contribution >= 0.6 is 0 Å². The first-order valence-electron chi connectivity index (χ1n) is 6.72. The zero-order valence-corrected chi connectivity index (χ0v) is 12.7. The molecule has 0 amide bonds. The summed E-state index contributed by atoms with van der Waals surface area (Å²) in [5.41, 5.74) is 4.40. The van der Waals surface area contributed by atoms with E-state index < -0.39 is 0 Å².